The van der Waals surface area contributed by atoms with Crippen LogP contribution in [0.2, 0.25) is 0 Å². The summed E-state index contributed by atoms with van der Waals surface area (Å²) in [5.74, 6) is -1.79. The molecule has 0 bridgehead atoms. The zero-order valence-electron chi connectivity index (χ0n) is 22.6. The van der Waals surface area contributed by atoms with Gasteiger partial charge in [0, 0.05) is 6.92 Å². The van der Waals surface area contributed by atoms with Crippen LogP contribution in [0.1, 0.15) is 94.4 Å². The second-order valence-electron chi connectivity index (χ2n) is 8.30. The lowest BCUT2D eigenvalue weighted by Crippen LogP contribution is -2.15. The highest BCUT2D eigenvalue weighted by Crippen LogP contribution is 2.25. The van der Waals surface area contributed by atoms with Gasteiger partial charge in [-0.2, -0.15) is 0 Å². The Labute approximate surface area is 204 Å². The van der Waals surface area contributed by atoms with Crippen molar-refractivity contribution in [3.05, 3.63) is 0 Å². The summed E-state index contributed by atoms with van der Waals surface area (Å²) in [5.41, 5.74) is 0. The first kappa shape index (κ1) is 36.1. The van der Waals surface area contributed by atoms with Crippen LogP contribution in [-0.2, 0) is 38.2 Å². The van der Waals surface area contributed by atoms with Gasteiger partial charge in [-0.1, -0.05) is 54.9 Å². The number of cyclic esters (lactones) is 2. The zero-order valence-corrected chi connectivity index (χ0v) is 22.6. The van der Waals surface area contributed by atoms with E-state index < -0.39 is 5.97 Å². The van der Waals surface area contributed by atoms with Crippen LogP contribution in [0.3, 0.4) is 0 Å². The first-order valence-corrected chi connectivity index (χ1v) is 11.9. The Balaban J connectivity index is -0.000000384. The van der Waals surface area contributed by atoms with Crippen LogP contribution in [0, 0.1) is 23.7 Å². The minimum Gasteiger partial charge on any atom is -0.481 e. The molecule has 1 fully saturated rings. The molecule has 1 saturated heterocycles. The van der Waals surface area contributed by atoms with Crippen molar-refractivity contribution in [2.75, 3.05) is 7.11 Å². The molecular formula is C25H46O9. The molecule has 0 saturated carbocycles. The lowest BCUT2D eigenvalue weighted by Gasteiger charge is -2.10. The number of methoxy groups -OCH3 is 1. The van der Waals surface area contributed by atoms with E-state index >= 15 is 0 Å². The molecule has 34 heavy (non-hydrogen) atoms. The van der Waals surface area contributed by atoms with Gasteiger partial charge in [-0.25, -0.2) is 0 Å². The molecule has 0 aliphatic carbocycles. The summed E-state index contributed by atoms with van der Waals surface area (Å²) in [6, 6.07) is 0. The van der Waals surface area contributed by atoms with E-state index in [-0.39, 0.29) is 60.1 Å². The van der Waals surface area contributed by atoms with Crippen molar-refractivity contribution in [1.82, 2.24) is 0 Å². The third-order valence-corrected chi connectivity index (χ3v) is 5.43. The Morgan fingerprint density at radius 3 is 1.62 bits per heavy atom. The Morgan fingerprint density at radius 2 is 1.44 bits per heavy atom. The van der Waals surface area contributed by atoms with Crippen molar-refractivity contribution in [3.63, 3.8) is 0 Å². The van der Waals surface area contributed by atoms with Gasteiger partial charge in [-0.3, -0.25) is 24.0 Å². The van der Waals surface area contributed by atoms with Crippen LogP contribution in [-0.4, -0.2) is 48.2 Å². The van der Waals surface area contributed by atoms with Crippen LogP contribution in [0.4, 0.5) is 0 Å². The number of carbonyl (C=O) groups is 5. The Kier molecular flexibility index (Phi) is 22.4. The van der Waals surface area contributed by atoms with E-state index in [0.717, 1.165) is 25.7 Å². The molecule has 0 radical (unpaired) electrons. The summed E-state index contributed by atoms with van der Waals surface area (Å²) in [7, 11) is 1.41. The number of carboxylic acid groups (broad SMARTS) is 1. The fraction of sp³-hybridized carbons (Fsp3) is 0.800. The topological polar surface area (TPSA) is 133 Å². The molecule has 9 nitrogen and oxygen atoms in total. The number of ether oxygens (including phenoxy) is 3. The molecule has 1 aliphatic heterocycles. The van der Waals surface area contributed by atoms with Crippen LogP contribution in [0.15, 0.2) is 0 Å². The average molecular weight is 491 g/mol. The fourth-order valence-electron chi connectivity index (χ4n) is 2.12. The van der Waals surface area contributed by atoms with Crippen molar-refractivity contribution in [2.24, 2.45) is 23.7 Å². The molecule has 0 aromatic heterocycles. The van der Waals surface area contributed by atoms with E-state index in [2.05, 4.69) is 9.47 Å². The summed E-state index contributed by atoms with van der Waals surface area (Å²) < 4.78 is 13.6. The second-order valence-corrected chi connectivity index (χ2v) is 8.30. The smallest absolute Gasteiger partial charge is 0.317 e. The highest BCUT2D eigenvalue weighted by atomic mass is 16.6. The maximum absolute atomic E-state index is 10.9. The van der Waals surface area contributed by atoms with Crippen molar-refractivity contribution in [2.45, 2.75) is 101 Å². The molecule has 0 amide bonds. The minimum absolute atomic E-state index is 0.0556. The van der Waals surface area contributed by atoms with Crippen LogP contribution < -0.4 is 0 Å². The minimum atomic E-state index is -0.706. The SMILES string of the molecule is CCC(C)C(=O)O.CCC(C)C(=O)OC.CCC(C)C1CC(=O)OC1=O.CCC(C)OC(C)=O. The van der Waals surface area contributed by atoms with Crippen molar-refractivity contribution >= 4 is 29.8 Å². The third kappa shape index (κ3) is 19.1. The van der Waals surface area contributed by atoms with Gasteiger partial charge in [0.2, 0.25) is 0 Å². The largest absolute Gasteiger partial charge is 0.481 e. The summed E-state index contributed by atoms with van der Waals surface area (Å²) in [5, 5.41) is 8.18. The molecule has 1 rings (SSSR count). The summed E-state index contributed by atoms with van der Waals surface area (Å²) in [6.45, 7) is 16.6. The van der Waals surface area contributed by atoms with Crippen LogP contribution in [0.25, 0.3) is 0 Å². The molecule has 1 heterocycles. The Morgan fingerprint density at radius 1 is 0.941 bits per heavy atom. The summed E-state index contributed by atoms with van der Waals surface area (Å²) in [4.78, 5) is 52.2. The lowest BCUT2D eigenvalue weighted by molar-refractivity contribution is -0.154. The predicted octanol–water partition coefficient (Wildman–Crippen LogP) is 4.79. The zero-order chi connectivity index (χ0) is 27.4. The molecule has 0 aromatic carbocycles. The Bertz CT molecular complexity index is 616. The van der Waals surface area contributed by atoms with E-state index in [1.165, 1.54) is 14.0 Å². The van der Waals surface area contributed by atoms with E-state index in [0.29, 0.717) is 0 Å². The third-order valence-electron chi connectivity index (χ3n) is 5.43. The second kappa shape index (κ2) is 21.1. The van der Waals surface area contributed by atoms with Crippen LogP contribution >= 0.6 is 0 Å². The molecule has 1 aliphatic rings. The number of esters is 4. The van der Waals surface area contributed by atoms with Gasteiger partial charge in [-0.05, 0) is 32.1 Å². The summed E-state index contributed by atoms with van der Waals surface area (Å²) >= 11 is 0. The van der Waals surface area contributed by atoms with E-state index in [1.54, 1.807) is 6.92 Å². The molecule has 1 N–H and O–H groups in total. The maximum Gasteiger partial charge on any atom is 0.317 e. The van der Waals surface area contributed by atoms with Gasteiger partial charge in [0.05, 0.1) is 37.4 Å². The molecule has 0 aromatic rings. The number of hydrogen-bond acceptors (Lipinski definition) is 8. The number of carboxylic acids is 1. The fourth-order valence-corrected chi connectivity index (χ4v) is 2.12. The normalized spacial score (nSPS) is 17.5. The van der Waals surface area contributed by atoms with E-state index in [1.807, 2.05) is 48.5 Å². The van der Waals surface area contributed by atoms with E-state index in [9.17, 15) is 24.0 Å². The van der Waals surface area contributed by atoms with Gasteiger partial charge in [0.25, 0.3) is 0 Å². The van der Waals surface area contributed by atoms with Gasteiger partial charge in [0.15, 0.2) is 0 Å². The standard InChI is InChI=1S/C8H12O3.2C6H12O2.C5H10O2/c1-3-5(2)6-4-7(9)11-8(6)10;1-4-5(2)6(7)8-3;1-4-5(2)8-6(3)7;1-3-4(2)5(6)7/h5-6H,3-4H2,1-2H3;2*5H,4H2,1-3H3;4H,3H2,1-2H3,(H,6,7). The molecular weight excluding hydrogens is 444 g/mol. The lowest BCUT2D eigenvalue weighted by atomic mass is 9.91. The molecule has 5 unspecified atom stereocenters. The Hall–Kier alpha value is -2.45. The first-order valence-electron chi connectivity index (χ1n) is 11.9. The monoisotopic (exact) mass is 490 g/mol. The summed E-state index contributed by atoms with van der Waals surface area (Å²) in [6.07, 6.45) is 3.72. The van der Waals surface area contributed by atoms with Gasteiger partial charge >= 0.3 is 29.8 Å². The maximum atomic E-state index is 10.9. The number of rotatable bonds is 8. The number of carbonyl (C=O) groups excluding carboxylic acids is 4. The van der Waals surface area contributed by atoms with Gasteiger partial charge in [0.1, 0.15) is 0 Å². The molecule has 9 heteroatoms. The number of aliphatic carboxylic acids is 1. The molecule has 0 spiro atoms. The first-order chi connectivity index (χ1) is 15.7. The van der Waals surface area contributed by atoms with Crippen molar-refractivity contribution < 1.29 is 43.3 Å². The van der Waals surface area contributed by atoms with Gasteiger partial charge in [-0.15, -0.1) is 0 Å². The quantitative estimate of drug-likeness (QED) is 0.289. The van der Waals surface area contributed by atoms with Gasteiger partial charge < -0.3 is 19.3 Å². The average Bonchev–Trinajstić information content (AvgIpc) is 3.15. The number of hydrogen-bond donors (Lipinski definition) is 1. The molecule has 5 atom stereocenters. The van der Waals surface area contributed by atoms with Crippen LogP contribution in [0.5, 0.6) is 0 Å². The predicted molar refractivity (Wildman–Crippen MR) is 129 cm³/mol. The highest BCUT2D eigenvalue weighted by Gasteiger charge is 2.36. The van der Waals surface area contributed by atoms with Crippen molar-refractivity contribution in [1.29, 1.82) is 0 Å². The molecule has 200 valence electrons. The highest BCUT2D eigenvalue weighted by molar-refractivity contribution is 5.94. The van der Waals surface area contributed by atoms with E-state index in [4.69, 9.17) is 9.84 Å². The van der Waals surface area contributed by atoms with Crippen molar-refractivity contribution in [3.8, 4) is 0 Å².